The summed E-state index contributed by atoms with van der Waals surface area (Å²) >= 11 is 0. The Kier molecular flexibility index (Phi) is 5.84. The third kappa shape index (κ3) is 4.16. The molecule has 1 aromatic heterocycles. The average molecular weight is 251 g/mol. The molecule has 1 unspecified atom stereocenters. The average Bonchev–Trinajstić information content (AvgIpc) is 2.42. The van der Waals surface area contributed by atoms with E-state index >= 15 is 0 Å². The number of nitrogens with zero attached hydrogens (tertiary/aromatic N) is 1. The fourth-order valence-corrected chi connectivity index (χ4v) is 1.28. The molecule has 5 heteroatoms. The van der Waals surface area contributed by atoms with Gasteiger partial charge in [0, 0.05) is 24.4 Å². The summed E-state index contributed by atoms with van der Waals surface area (Å²) in [6, 6.07) is 3.25. The lowest BCUT2D eigenvalue weighted by Gasteiger charge is -2.16. The summed E-state index contributed by atoms with van der Waals surface area (Å²) in [4.78, 5) is 27.0. The Hall–Kier alpha value is -1.91. The van der Waals surface area contributed by atoms with Crippen LogP contribution in [-0.4, -0.2) is 23.5 Å². The van der Waals surface area contributed by atoms with E-state index in [9.17, 15) is 9.59 Å². The predicted molar refractivity (Wildman–Crippen MR) is 64.6 cm³/mol. The van der Waals surface area contributed by atoms with Crippen LogP contribution < -0.4 is 0 Å². The molecule has 1 rings (SSSR count). The van der Waals surface area contributed by atoms with Gasteiger partial charge in [0.05, 0.1) is 6.61 Å². The van der Waals surface area contributed by atoms with Crippen molar-refractivity contribution in [3.63, 3.8) is 0 Å². The monoisotopic (exact) mass is 251 g/mol. The Balaban J connectivity index is 2.81. The zero-order valence-corrected chi connectivity index (χ0v) is 10.6. The van der Waals surface area contributed by atoms with Gasteiger partial charge in [-0.05, 0) is 18.6 Å². The highest BCUT2D eigenvalue weighted by Gasteiger charge is 2.25. The number of ether oxygens (including phenoxy) is 2. The molecule has 0 aliphatic rings. The van der Waals surface area contributed by atoms with E-state index in [0.29, 0.717) is 12.2 Å². The normalized spacial score (nSPS) is 11.7. The molecular formula is C13H17NO4. The molecule has 0 saturated carbocycles. The van der Waals surface area contributed by atoms with Gasteiger partial charge in [-0.1, -0.05) is 13.8 Å². The number of hydrogen-bond acceptors (Lipinski definition) is 5. The van der Waals surface area contributed by atoms with Gasteiger partial charge in [-0.15, -0.1) is 0 Å². The van der Waals surface area contributed by atoms with Crippen LogP contribution in [0, 0.1) is 0 Å². The Labute approximate surface area is 106 Å². The third-order valence-corrected chi connectivity index (χ3v) is 2.21. The van der Waals surface area contributed by atoms with Crippen LogP contribution >= 0.6 is 0 Å². The zero-order valence-electron chi connectivity index (χ0n) is 10.6. The van der Waals surface area contributed by atoms with E-state index in [1.807, 2.05) is 6.92 Å². The van der Waals surface area contributed by atoms with Gasteiger partial charge in [-0.25, -0.2) is 4.79 Å². The molecule has 0 amide bonds. The van der Waals surface area contributed by atoms with Crippen molar-refractivity contribution in [1.82, 2.24) is 4.98 Å². The van der Waals surface area contributed by atoms with E-state index in [0.717, 1.165) is 6.42 Å². The summed E-state index contributed by atoms with van der Waals surface area (Å²) in [6.07, 6.45) is 3.00. The van der Waals surface area contributed by atoms with E-state index in [1.165, 1.54) is 12.4 Å². The molecule has 1 heterocycles. The van der Waals surface area contributed by atoms with Crippen molar-refractivity contribution in [3.05, 3.63) is 30.1 Å². The number of carbonyl (C=O) groups is 2. The second kappa shape index (κ2) is 7.42. The summed E-state index contributed by atoms with van der Waals surface area (Å²) in [5, 5.41) is 0. The first kappa shape index (κ1) is 14.2. The van der Waals surface area contributed by atoms with E-state index in [2.05, 4.69) is 4.98 Å². The van der Waals surface area contributed by atoms with Crippen molar-refractivity contribution >= 4 is 11.9 Å². The molecule has 0 spiro atoms. The molecule has 0 aliphatic heterocycles. The van der Waals surface area contributed by atoms with Crippen LogP contribution in [0.15, 0.2) is 24.5 Å². The highest BCUT2D eigenvalue weighted by atomic mass is 16.6. The Bertz CT molecular complexity index is 391. The number of aromatic nitrogens is 1. The maximum absolute atomic E-state index is 11.8. The van der Waals surface area contributed by atoms with Crippen molar-refractivity contribution in [1.29, 1.82) is 0 Å². The minimum atomic E-state index is -1.01. The van der Waals surface area contributed by atoms with Crippen molar-refractivity contribution in [3.8, 4) is 0 Å². The summed E-state index contributed by atoms with van der Waals surface area (Å²) in [5.74, 6) is -0.991. The van der Waals surface area contributed by atoms with Crippen molar-refractivity contribution in [2.24, 2.45) is 0 Å². The fraction of sp³-hybridized carbons (Fsp3) is 0.462. The molecule has 0 N–H and O–H groups in total. The fourth-order valence-electron chi connectivity index (χ4n) is 1.28. The van der Waals surface area contributed by atoms with E-state index in [1.54, 1.807) is 19.1 Å². The largest absolute Gasteiger partial charge is 0.463 e. The number of rotatable bonds is 6. The molecule has 0 aliphatic carbocycles. The van der Waals surface area contributed by atoms with E-state index < -0.39 is 18.0 Å². The van der Waals surface area contributed by atoms with Gasteiger partial charge in [0.2, 0.25) is 6.10 Å². The van der Waals surface area contributed by atoms with Gasteiger partial charge in [0.1, 0.15) is 0 Å². The molecular weight excluding hydrogens is 234 g/mol. The Morgan fingerprint density at radius 2 is 1.94 bits per heavy atom. The van der Waals surface area contributed by atoms with Gasteiger partial charge in [-0.3, -0.25) is 9.78 Å². The van der Waals surface area contributed by atoms with Crippen molar-refractivity contribution in [2.75, 3.05) is 6.61 Å². The predicted octanol–water partition coefficient (Wildman–Crippen LogP) is 2.03. The van der Waals surface area contributed by atoms with E-state index in [-0.39, 0.29) is 6.42 Å². The summed E-state index contributed by atoms with van der Waals surface area (Å²) < 4.78 is 10.1. The first-order valence-corrected chi connectivity index (χ1v) is 5.95. The topological polar surface area (TPSA) is 65.5 Å². The smallest absolute Gasteiger partial charge is 0.352 e. The van der Waals surface area contributed by atoms with Gasteiger partial charge in [-0.2, -0.15) is 0 Å². The minimum absolute atomic E-state index is 0.211. The lowest BCUT2D eigenvalue weighted by molar-refractivity contribution is -0.168. The second-order valence-corrected chi connectivity index (χ2v) is 3.67. The number of hydrogen-bond donors (Lipinski definition) is 0. The van der Waals surface area contributed by atoms with Gasteiger partial charge >= 0.3 is 11.9 Å². The zero-order chi connectivity index (χ0) is 13.4. The number of esters is 2. The molecule has 98 valence electrons. The van der Waals surface area contributed by atoms with Crippen LogP contribution in [0.5, 0.6) is 0 Å². The maximum atomic E-state index is 11.8. The molecule has 0 saturated heterocycles. The van der Waals surface area contributed by atoms with Gasteiger partial charge in [0.25, 0.3) is 0 Å². The third-order valence-electron chi connectivity index (χ3n) is 2.21. The highest BCUT2D eigenvalue weighted by molar-refractivity contribution is 5.80. The first-order valence-electron chi connectivity index (χ1n) is 5.95. The Morgan fingerprint density at radius 1 is 1.28 bits per heavy atom. The van der Waals surface area contributed by atoms with Crippen molar-refractivity contribution < 1.29 is 19.1 Å². The van der Waals surface area contributed by atoms with Gasteiger partial charge < -0.3 is 9.47 Å². The molecule has 1 aromatic rings. The van der Waals surface area contributed by atoms with Crippen molar-refractivity contribution in [2.45, 2.75) is 32.8 Å². The summed E-state index contributed by atoms with van der Waals surface area (Å²) in [7, 11) is 0. The summed E-state index contributed by atoms with van der Waals surface area (Å²) in [6.45, 7) is 3.88. The van der Waals surface area contributed by atoms with Crippen LogP contribution in [0.25, 0.3) is 0 Å². The number of carbonyl (C=O) groups excluding carboxylic acids is 2. The molecule has 1 atom stereocenters. The minimum Gasteiger partial charge on any atom is -0.463 e. The quantitative estimate of drug-likeness (QED) is 0.724. The van der Waals surface area contributed by atoms with Crippen LogP contribution in [0.3, 0.4) is 0 Å². The van der Waals surface area contributed by atoms with Crippen LogP contribution in [0.1, 0.15) is 38.4 Å². The Morgan fingerprint density at radius 3 is 2.50 bits per heavy atom. The molecule has 0 bridgehead atoms. The molecule has 0 radical (unpaired) electrons. The molecule has 0 fully saturated rings. The summed E-state index contributed by atoms with van der Waals surface area (Å²) in [5.41, 5.74) is 0.563. The molecule has 0 aromatic carbocycles. The van der Waals surface area contributed by atoms with Gasteiger partial charge in [0.15, 0.2) is 0 Å². The maximum Gasteiger partial charge on any atom is 0.352 e. The SMILES string of the molecule is CCCOC(=O)C(OC(=O)CC)c1ccncc1. The highest BCUT2D eigenvalue weighted by Crippen LogP contribution is 2.19. The second-order valence-electron chi connectivity index (χ2n) is 3.67. The molecule has 18 heavy (non-hydrogen) atoms. The lowest BCUT2D eigenvalue weighted by atomic mass is 10.1. The molecule has 5 nitrogen and oxygen atoms in total. The first-order chi connectivity index (χ1) is 8.69. The van der Waals surface area contributed by atoms with E-state index in [4.69, 9.17) is 9.47 Å². The number of pyridine rings is 1. The standard InChI is InChI=1S/C13H17NO4/c1-3-9-17-13(16)12(18-11(15)4-2)10-5-7-14-8-6-10/h5-8,12H,3-4,9H2,1-2H3. The lowest BCUT2D eigenvalue weighted by Crippen LogP contribution is -2.22. The van der Waals surface area contributed by atoms with Crippen LogP contribution in [0.2, 0.25) is 0 Å². The van der Waals surface area contributed by atoms with Crippen LogP contribution in [0.4, 0.5) is 0 Å². The van der Waals surface area contributed by atoms with Crippen LogP contribution in [-0.2, 0) is 19.1 Å².